The smallest absolute Gasteiger partial charge is 0.340 e. The highest BCUT2D eigenvalue weighted by atomic mass is 16.5. The molecule has 204 valence electrons. The Morgan fingerprint density at radius 3 is 2.36 bits per heavy atom. The Morgan fingerprint density at radius 2 is 1.74 bits per heavy atom. The van der Waals surface area contributed by atoms with Crippen molar-refractivity contribution in [1.29, 1.82) is 0 Å². The van der Waals surface area contributed by atoms with Crippen molar-refractivity contribution in [2.24, 2.45) is 19.2 Å². The molecule has 0 bridgehead atoms. The van der Waals surface area contributed by atoms with Crippen LogP contribution in [0.5, 0.6) is 17.2 Å². The summed E-state index contributed by atoms with van der Waals surface area (Å²) in [5.74, 6) is 0.0161. The molecule has 0 aliphatic carbocycles. The van der Waals surface area contributed by atoms with Gasteiger partial charge in [0, 0.05) is 26.2 Å². The van der Waals surface area contributed by atoms with Gasteiger partial charge in [-0.1, -0.05) is 12.1 Å². The van der Waals surface area contributed by atoms with Gasteiger partial charge in [-0.2, -0.15) is 10.1 Å². The van der Waals surface area contributed by atoms with Crippen LogP contribution in [0.25, 0.3) is 11.2 Å². The normalized spacial score (nSPS) is 11.2. The molecular formula is C26H28N6O7. The molecule has 0 spiro atoms. The number of rotatable bonds is 10. The maximum absolute atomic E-state index is 13.1. The second-order valence-electron chi connectivity index (χ2n) is 8.50. The monoisotopic (exact) mass is 536 g/mol. The number of hydrogen-bond acceptors (Lipinski definition) is 9. The summed E-state index contributed by atoms with van der Waals surface area (Å²) in [5, 5.41) is 14.0. The summed E-state index contributed by atoms with van der Waals surface area (Å²) in [6, 6.07) is 10.6. The fraction of sp³-hybridized carbons (Fsp3) is 0.269. The van der Waals surface area contributed by atoms with E-state index in [1.54, 1.807) is 17.7 Å². The maximum Gasteiger partial charge on any atom is 0.340 e. The average Bonchev–Trinajstić information content (AvgIpc) is 3.31. The molecule has 0 saturated carbocycles. The summed E-state index contributed by atoms with van der Waals surface area (Å²) in [6.07, 6.45) is 1.84. The molecule has 0 atom stereocenters. The lowest BCUT2D eigenvalue weighted by atomic mass is 10.1. The molecule has 0 radical (unpaired) electrons. The van der Waals surface area contributed by atoms with Crippen molar-refractivity contribution in [3.8, 4) is 17.2 Å². The van der Waals surface area contributed by atoms with E-state index in [2.05, 4.69) is 15.5 Å². The number of aromatic carboxylic acids is 1. The Bertz CT molecular complexity index is 1680. The number of ether oxygens (including phenoxy) is 3. The fourth-order valence-electron chi connectivity index (χ4n) is 4.21. The number of benzene rings is 2. The Morgan fingerprint density at radius 1 is 1.03 bits per heavy atom. The highest BCUT2D eigenvalue weighted by Crippen LogP contribution is 2.33. The summed E-state index contributed by atoms with van der Waals surface area (Å²) in [4.78, 5) is 42.0. The van der Waals surface area contributed by atoms with Gasteiger partial charge in [-0.05, 0) is 36.2 Å². The summed E-state index contributed by atoms with van der Waals surface area (Å²) in [5.41, 5.74) is 3.31. The number of anilines is 1. The van der Waals surface area contributed by atoms with Gasteiger partial charge in [-0.3, -0.25) is 13.9 Å². The number of hydrazone groups is 1. The number of fused-ring (bicyclic) bond motifs is 1. The number of hydrogen-bond donors (Lipinski definition) is 2. The third-order valence-electron chi connectivity index (χ3n) is 6.29. The van der Waals surface area contributed by atoms with E-state index in [0.29, 0.717) is 13.0 Å². The molecule has 2 N–H and O–H groups in total. The van der Waals surface area contributed by atoms with Crippen molar-refractivity contribution < 1.29 is 24.1 Å². The molecule has 4 rings (SSSR count). The summed E-state index contributed by atoms with van der Waals surface area (Å²) < 4.78 is 19.6. The number of carboxylic acids is 1. The first-order valence-electron chi connectivity index (χ1n) is 11.8. The standard InChI is InChI=1S/C26H28N6O7/c1-30-22-20(23(33)31(2)26(30)36)32(13-12-15-6-9-17(37-3)10-7-15)25(28-22)29-27-14-16-8-11-18(38-4)21(39-5)19(16)24(34)35/h6-11,14H,12-13H2,1-5H3,(H,28,29)(H,34,35). The fourth-order valence-corrected chi connectivity index (χ4v) is 4.21. The quantitative estimate of drug-likeness (QED) is 0.228. The molecular weight excluding hydrogens is 508 g/mol. The minimum absolute atomic E-state index is 0.0548. The van der Waals surface area contributed by atoms with Gasteiger partial charge in [0.05, 0.1) is 27.5 Å². The zero-order chi connectivity index (χ0) is 28.3. The maximum atomic E-state index is 13.1. The molecule has 39 heavy (non-hydrogen) atoms. The topological polar surface area (TPSA) is 151 Å². The van der Waals surface area contributed by atoms with E-state index in [4.69, 9.17) is 14.2 Å². The number of carbonyl (C=O) groups is 1. The van der Waals surface area contributed by atoms with E-state index in [1.165, 1.54) is 45.2 Å². The molecule has 4 aromatic rings. The van der Waals surface area contributed by atoms with Crippen LogP contribution >= 0.6 is 0 Å². The van der Waals surface area contributed by atoms with E-state index in [0.717, 1.165) is 15.9 Å². The van der Waals surface area contributed by atoms with Gasteiger partial charge in [-0.15, -0.1) is 0 Å². The first kappa shape index (κ1) is 27.0. The molecule has 0 aliphatic heterocycles. The van der Waals surface area contributed by atoms with Crippen molar-refractivity contribution >= 4 is 29.3 Å². The minimum Gasteiger partial charge on any atom is -0.497 e. The van der Waals surface area contributed by atoms with Crippen LogP contribution in [0.2, 0.25) is 0 Å². The largest absolute Gasteiger partial charge is 0.497 e. The van der Waals surface area contributed by atoms with Crippen molar-refractivity contribution in [1.82, 2.24) is 18.7 Å². The van der Waals surface area contributed by atoms with Crippen LogP contribution < -0.4 is 30.9 Å². The Hall–Kier alpha value is -5.07. The number of aryl methyl sites for hydroxylation is 3. The predicted octanol–water partition coefficient (Wildman–Crippen LogP) is 1.85. The summed E-state index contributed by atoms with van der Waals surface area (Å²) in [6.45, 7) is 0.338. The van der Waals surface area contributed by atoms with Crippen molar-refractivity contribution in [2.45, 2.75) is 13.0 Å². The van der Waals surface area contributed by atoms with Crippen molar-refractivity contribution in [3.05, 3.63) is 73.9 Å². The highest BCUT2D eigenvalue weighted by molar-refractivity contribution is 6.02. The molecule has 0 amide bonds. The van der Waals surface area contributed by atoms with Gasteiger partial charge in [0.1, 0.15) is 11.3 Å². The average molecular weight is 537 g/mol. The van der Waals surface area contributed by atoms with Crippen LogP contribution in [-0.4, -0.2) is 57.3 Å². The molecule has 2 aromatic carbocycles. The van der Waals surface area contributed by atoms with Crippen LogP contribution in [0.15, 0.2) is 51.1 Å². The lowest BCUT2D eigenvalue weighted by molar-refractivity contribution is 0.0692. The Kier molecular flexibility index (Phi) is 7.70. The first-order valence-corrected chi connectivity index (χ1v) is 11.8. The van der Waals surface area contributed by atoms with Gasteiger partial charge in [0.15, 0.2) is 22.7 Å². The zero-order valence-electron chi connectivity index (χ0n) is 22.1. The highest BCUT2D eigenvalue weighted by Gasteiger charge is 2.21. The van der Waals surface area contributed by atoms with Gasteiger partial charge < -0.3 is 23.9 Å². The zero-order valence-corrected chi connectivity index (χ0v) is 22.1. The second kappa shape index (κ2) is 11.1. The lowest BCUT2D eigenvalue weighted by Crippen LogP contribution is -2.37. The van der Waals surface area contributed by atoms with E-state index in [-0.39, 0.29) is 39.7 Å². The van der Waals surface area contributed by atoms with Gasteiger partial charge in [0.2, 0.25) is 5.95 Å². The Balaban J connectivity index is 1.75. The third-order valence-corrected chi connectivity index (χ3v) is 6.29. The number of nitrogens with one attached hydrogen (secondary N) is 1. The second-order valence-corrected chi connectivity index (χ2v) is 8.50. The number of imidazole rings is 1. The molecule has 13 nitrogen and oxygen atoms in total. The molecule has 0 fully saturated rings. The van der Waals surface area contributed by atoms with E-state index in [1.807, 2.05) is 24.3 Å². The summed E-state index contributed by atoms with van der Waals surface area (Å²) >= 11 is 0. The van der Waals surface area contributed by atoms with E-state index < -0.39 is 17.2 Å². The number of aromatic nitrogens is 4. The van der Waals surface area contributed by atoms with Crippen LogP contribution in [0.4, 0.5) is 5.95 Å². The lowest BCUT2D eigenvalue weighted by Gasteiger charge is -2.12. The van der Waals surface area contributed by atoms with Crippen LogP contribution in [0, 0.1) is 0 Å². The van der Waals surface area contributed by atoms with Gasteiger partial charge in [0.25, 0.3) is 5.56 Å². The van der Waals surface area contributed by atoms with E-state index >= 15 is 0 Å². The van der Waals surface area contributed by atoms with Crippen LogP contribution in [-0.2, 0) is 27.1 Å². The molecule has 2 heterocycles. The minimum atomic E-state index is -1.22. The molecule has 0 aliphatic rings. The number of nitrogens with zero attached hydrogens (tertiary/aromatic N) is 5. The first-order chi connectivity index (χ1) is 18.7. The third kappa shape index (κ3) is 5.06. The van der Waals surface area contributed by atoms with Gasteiger partial charge >= 0.3 is 11.7 Å². The van der Waals surface area contributed by atoms with Crippen LogP contribution in [0.3, 0.4) is 0 Å². The van der Waals surface area contributed by atoms with Crippen LogP contribution in [0.1, 0.15) is 21.5 Å². The molecule has 13 heteroatoms. The van der Waals surface area contributed by atoms with Gasteiger partial charge in [-0.25, -0.2) is 15.0 Å². The number of carboxylic acid groups (broad SMARTS) is 1. The Labute approximate surface area is 222 Å². The molecule has 0 saturated heterocycles. The summed E-state index contributed by atoms with van der Waals surface area (Å²) in [7, 11) is 7.28. The molecule has 0 unspecified atom stereocenters. The number of methoxy groups -OCH3 is 3. The predicted molar refractivity (Wildman–Crippen MR) is 145 cm³/mol. The SMILES string of the molecule is COc1ccc(CCn2c(NN=Cc3ccc(OC)c(OC)c3C(=O)O)nc3c2c(=O)n(C)c(=O)n3C)cc1. The van der Waals surface area contributed by atoms with Crippen molar-refractivity contribution in [2.75, 3.05) is 26.8 Å². The molecule has 2 aromatic heterocycles. The van der Waals surface area contributed by atoms with Crippen molar-refractivity contribution in [3.63, 3.8) is 0 Å². The van der Waals surface area contributed by atoms with E-state index in [9.17, 15) is 19.5 Å².